The second kappa shape index (κ2) is 13.2. The van der Waals surface area contributed by atoms with Gasteiger partial charge in [0.05, 0.1) is 6.61 Å². The minimum atomic E-state index is -0.347. The van der Waals surface area contributed by atoms with E-state index in [-0.39, 0.29) is 12.0 Å². The van der Waals surface area contributed by atoms with Gasteiger partial charge in [0.15, 0.2) is 0 Å². The van der Waals surface area contributed by atoms with Crippen molar-refractivity contribution in [3.8, 4) is 0 Å². The van der Waals surface area contributed by atoms with Gasteiger partial charge in [-0.3, -0.25) is 0 Å². The lowest BCUT2D eigenvalue weighted by Gasteiger charge is -2.11. The number of carbonyl (C=O) groups excluding carboxylic acids is 1. The number of azide groups is 1. The fraction of sp³-hybridized carbons (Fsp3) is 0.562. The minimum absolute atomic E-state index is 0.289. The summed E-state index contributed by atoms with van der Waals surface area (Å²) in [6.07, 6.45) is 3.07. The third-order valence-electron chi connectivity index (χ3n) is 2.60. The molecule has 5 heteroatoms. The summed E-state index contributed by atoms with van der Waals surface area (Å²) in [7, 11) is 0. The Labute approximate surface area is 126 Å². The third-order valence-corrected chi connectivity index (χ3v) is 2.60. The summed E-state index contributed by atoms with van der Waals surface area (Å²) in [6, 6.07) is 9.85. The number of benzene rings is 1. The number of hydrogen-bond acceptors (Lipinski definition) is 3. The topological polar surface area (TPSA) is 75.1 Å². The van der Waals surface area contributed by atoms with Crippen LogP contribution in [0.3, 0.4) is 0 Å². The largest absolute Gasteiger partial charge is 0.368 e. The van der Waals surface area contributed by atoms with E-state index in [1.165, 1.54) is 0 Å². The lowest BCUT2D eigenvalue weighted by atomic mass is 10.2. The highest BCUT2D eigenvalue weighted by atomic mass is 16.5. The molecule has 0 aliphatic heterocycles. The van der Waals surface area contributed by atoms with Crippen LogP contribution in [-0.2, 0) is 16.1 Å². The van der Waals surface area contributed by atoms with Gasteiger partial charge < -0.3 is 9.53 Å². The van der Waals surface area contributed by atoms with Crippen LogP contribution in [-0.4, -0.2) is 12.0 Å². The van der Waals surface area contributed by atoms with Crippen LogP contribution in [0.2, 0.25) is 0 Å². The maximum absolute atomic E-state index is 10.0. The lowest BCUT2D eigenvalue weighted by molar-refractivity contribution is -0.117. The first-order valence-electron chi connectivity index (χ1n) is 7.33. The Morgan fingerprint density at radius 1 is 1.29 bits per heavy atom. The zero-order valence-electron chi connectivity index (χ0n) is 13.2. The van der Waals surface area contributed by atoms with Crippen molar-refractivity contribution in [2.24, 2.45) is 5.11 Å². The van der Waals surface area contributed by atoms with E-state index in [9.17, 15) is 4.79 Å². The lowest BCUT2D eigenvalue weighted by Crippen LogP contribution is -2.08. The van der Waals surface area contributed by atoms with Crippen LogP contribution in [0, 0.1) is 0 Å². The van der Waals surface area contributed by atoms with Crippen molar-refractivity contribution in [2.45, 2.75) is 59.3 Å². The normalized spacial score (nSPS) is 10.8. The van der Waals surface area contributed by atoms with Crippen LogP contribution in [0.15, 0.2) is 35.4 Å². The third kappa shape index (κ3) is 11.7. The number of ether oxygens (including phenoxy) is 1. The van der Waals surface area contributed by atoms with Crippen molar-refractivity contribution < 1.29 is 9.53 Å². The molecule has 116 valence electrons. The van der Waals surface area contributed by atoms with Gasteiger partial charge in [-0.15, -0.1) is 0 Å². The van der Waals surface area contributed by atoms with Crippen LogP contribution >= 0.6 is 0 Å². The summed E-state index contributed by atoms with van der Waals surface area (Å²) in [5.74, 6) is 0.289. The Morgan fingerprint density at radius 2 is 1.95 bits per heavy atom. The van der Waals surface area contributed by atoms with Gasteiger partial charge in [-0.05, 0) is 30.9 Å². The molecule has 0 saturated carbocycles. The Kier molecular flexibility index (Phi) is 12.0. The van der Waals surface area contributed by atoms with Crippen molar-refractivity contribution in [2.75, 3.05) is 0 Å². The van der Waals surface area contributed by atoms with Crippen molar-refractivity contribution in [1.82, 2.24) is 0 Å². The van der Waals surface area contributed by atoms with E-state index in [1.54, 1.807) is 6.92 Å². The van der Waals surface area contributed by atoms with Crippen LogP contribution < -0.4 is 0 Å². The van der Waals surface area contributed by atoms with Crippen molar-refractivity contribution >= 4 is 5.78 Å². The molecule has 0 spiro atoms. The number of hydrogen-bond donors (Lipinski definition) is 0. The summed E-state index contributed by atoms with van der Waals surface area (Å²) in [4.78, 5) is 12.8. The van der Waals surface area contributed by atoms with E-state index in [0.29, 0.717) is 6.61 Å². The zero-order chi connectivity index (χ0) is 15.9. The molecule has 0 radical (unpaired) electrons. The number of Topliss-reactive ketones (excluding diaryl/α,β-unsaturated/α-hetero) is 1. The highest BCUT2D eigenvalue weighted by molar-refractivity contribution is 5.75. The smallest absolute Gasteiger partial charge is 0.137 e. The molecule has 0 fully saturated rings. The first-order chi connectivity index (χ1) is 10.1. The summed E-state index contributed by atoms with van der Waals surface area (Å²) in [5.41, 5.74) is 9.43. The molecule has 0 aliphatic rings. The average molecular weight is 291 g/mol. The number of ketones is 1. The van der Waals surface area contributed by atoms with Crippen molar-refractivity contribution in [3.05, 3.63) is 46.3 Å². The molecule has 1 unspecified atom stereocenters. The second-order valence-corrected chi connectivity index (χ2v) is 4.70. The van der Waals surface area contributed by atoms with Crippen molar-refractivity contribution in [3.63, 3.8) is 0 Å². The van der Waals surface area contributed by atoms with E-state index < -0.39 is 0 Å². The highest BCUT2D eigenvalue weighted by Gasteiger charge is 2.04. The van der Waals surface area contributed by atoms with E-state index in [4.69, 9.17) is 10.3 Å². The molecule has 1 aromatic carbocycles. The Bertz CT molecular complexity index is 428. The van der Waals surface area contributed by atoms with E-state index in [2.05, 4.69) is 10.0 Å². The Hall–Kier alpha value is -1.84. The number of rotatable bonds is 8. The van der Waals surface area contributed by atoms with E-state index in [0.717, 1.165) is 31.2 Å². The summed E-state index contributed by atoms with van der Waals surface area (Å²) >= 11 is 0. The van der Waals surface area contributed by atoms with Gasteiger partial charge in [-0.25, -0.2) is 0 Å². The Balaban J connectivity index is 0.000000567. The molecule has 0 aromatic heterocycles. The minimum Gasteiger partial charge on any atom is -0.368 e. The molecule has 1 atom stereocenters. The molecule has 0 N–H and O–H groups in total. The molecule has 0 aliphatic carbocycles. The van der Waals surface area contributed by atoms with Gasteiger partial charge in [0.25, 0.3) is 0 Å². The molecule has 1 rings (SSSR count). The summed E-state index contributed by atoms with van der Waals surface area (Å²) < 4.78 is 5.49. The predicted octanol–water partition coefficient (Wildman–Crippen LogP) is 5.02. The maximum Gasteiger partial charge on any atom is 0.137 e. The number of nitrogens with zero attached hydrogens (tertiary/aromatic N) is 3. The van der Waals surface area contributed by atoms with Crippen molar-refractivity contribution in [1.29, 1.82) is 0 Å². The fourth-order valence-electron chi connectivity index (χ4n) is 1.60. The van der Waals surface area contributed by atoms with Crippen LogP contribution in [0.5, 0.6) is 0 Å². The summed E-state index contributed by atoms with van der Waals surface area (Å²) in [6.45, 7) is 6.14. The zero-order valence-corrected chi connectivity index (χ0v) is 13.2. The van der Waals surface area contributed by atoms with E-state index >= 15 is 0 Å². The Morgan fingerprint density at radius 3 is 2.38 bits per heavy atom. The predicted molar refractivity (Wildman–Crippen MR) is 84.7 cm³/mol. The molecular weight excluding hydrogens is 266 g/mol. The molecule has 0 bridgehead atoms. The highest BCUT2D eigenvalue weighted by Crippen LogP contribution is 2.08. The first-order valence-corrected chi connectivity index (χ1v) is 7.33. The second-order valence-electron chi connectivity index (χ2n) is 4.70. The maximum atomic E-state index is 10.0. The molecule has 0 heterocycles. The van der Waals surface area contributed by atoms with Gasteiger partial charge in [-0.2, -0.15) is 0 Å². The molecule has 5 nitrogen and oxygen atoms in total. The van der Waals surface area contributed by atoms with Crippen LogP contribution in [0.25, 0.3) is 10.4 Å². The SMILES string of the molecule is CCCC(C)=O.CCCC(N=[N+]=[N-])OCc1ccccc1. The van der Waals surface area contributed by atoms with Gasteiger partial charge in [0.1, 0.15) is 12.0 Å². The average Bonchev–Trinajstić information content (AvgIpc) is 2.47. The molecule has 0 saturated heterocycles. The van der Waals surface area contributed by atoms with Gasteiger partial charge in [0, 0.05) is 11.3 Å². The quantitative estimate of drug-likeness (QED) is 0.383. The first kappa shape index (κ1) is 19.2. The fourth-order valence-corrected chi connectivity index (χ4v) is 1.60. The monoisotopic (exact) mass is 291 g/mol. The number of carbonyl (C=O) groups is 1. The van der Waals surface area contributed by atoms with Gasteiger partial charge >= 0.3 is 0 Å². The van der Waals surface area contributed by atoms with E-state index in [1.807, 2.05) is 44.2 Å². The van der Waals surface area contributed by atoms with Gasteiger partial charge in [-0.1, -0.05) is 55.7 Å². The molecule has 0 amide bonds. The standard InChI is InChI=1S/C11H15N3O.C5H10O/c1-2-6-11(13-14-12)15-9-10-7-4-3-5-8-10;1-3-4-5(2)6/h3-5,7-8,11H,2,6,9H2,1H3;3-4H2,1-2H3. The molecular formula is C16H25N3O2. The molecule has 21 heavy (non-hydrogen) atoms. The van der Waals surface area contributed by atoms with Gasteiger partial charge in [0.2, 0.25) is 0 Å². The van der Waals surface area contributed by atoms with Crippen LogP contribution in [0.4, 0.5) is 0 Å². The summed E-state index contributed by atoms with van der Waals surface area (Å²) in [5, 5.41) is 3.59. The molecule has 1 aromatic rings. The van der Waals surface area contributed by atoms with Crippen LogP contribution in [0.1, 0.15) is 52.0 Å².